The first-order valence-electron chi connectivity index (χ1n) is 8.33. The van der Waals surface area contributed by atoms with Crippen LogP contribution >= 0.6 is 0 Å². The molecule has 4 aromatic rings. The third-order valence-corrected chi connectivity index (χ3v) is 4.25. The van der Waals surface area contributed by atoms with Crippen molar-refractivity contribution in [2.75, 3.05) is 14.2 Å². The molecule has 8 nitrogen and oxygen atoms in total. The van der Waals surface area contributed by atoms with E-state index in [1.165, 1.54) is 24.1 Å². The predicted molar refractivity (Wildman–Crippen MR) is 100 cm³/mol. The minimum absolute atomic E-state index is 0.0327. The number of para-hydroxylation sites is 1. The predicted octanol–water partition coefficient (Wildman–Crippen LogP) is 2.62. The van der Waals surface area contributed by atoms with Gasteiger partial charge in [0.25, 0.3) is 0 Å². The molecule has 2 aromatic carbocycles. The van der Waals surface area contributed by atoms with E-state index in [9.17, 15) is 9.59 Å². The third-order valence-electron chi connectivity index (χ3n) is 4.25. The standard InChI is InChI=1S/C20H15N3O5/c1-26-14-8-6-13(7-9-14)23-11-16(21-22-23)18(24)15-10-12-4-3-5-17(27-2)19(12)28-20(15)25/h3-11H,1-2H3. The van der Waals surface area contributed by atoms with Gasteiger partial charge in [0.05, 0.1) is 26.1 Å². The Bertz CT molecular complexity index is 1220. The maximum absolute atomic E-state index is 12.8. The molecule has 0 saturated heterocycles. The summed E-state index contributed by atoms with van der Waals surface area (Å²) in [5.41, 5.74) is 0.130. The first kappa shape index (κ1) is 17.5. The van der Waals surface area contributed by atoms with Crippen molar-refractivity contribution in [3.63, 3.8) is 0 Å². The summed E-state index contributed by atoms with van der Waals surface area (Å²) < 4.78 is 17.0. The Balaban J connectivity index is 1.71. The lowest BCUT2D eigenvalue weighted by molar-refractivity contribution is 0.103. The highest BCUT2D eigenvalue weighted by atomic mass is 16.5. The molecule has 2 heterocycles. The topological polar surface area (TPSA) is 96.5 Å². The van der Waals surface area contributed by atoms with Gasteiger partial charge in [-0.05, 0) is 36.4 Å². The Hall–Kier alpha value is -3.94. The van der Waals surface area contributed by atoms with Crippen molar-refractivity contribution in [3.05, 3.63) is 76.4 Å². The van der Waals surface area contributed by atoms with Crippen molar-refractivity contribution in [2.45, 2.75) is 0 Å². The minimum atomic E-state index is -0.763. The van der Waals surface area contributed by atoms with Gasteiger partial charge in [0.15, 0.2) is 17.0 Å². The zero-order chi connectivity index (χ0) is 19.7. The van der Waals surface area contributed by atoms with Gasteiger partial charge in [-0.25, -0.2) is 9.48 Å². The van der Waals surface area contributed by atoms with Crippen molar-refractivity contribution in [3.8, 4) is 17.2 Å². The van der Waals surface area contributed by atoms with Crippen molar-refractivity contribution in [1.29, 1.82) is 0 Å². The molecule has 140 valence electrons. The van der Waals surface area contributed by atoms with Crippen LogP contribution in [0.25, 0.3) is 16.7 Å². The average molecular weight is 377 g/mol. The fraction of sp³-hybridized carbons (Fsp3) is 0.100. The molecule has 0 radical (unpaired) electrons. The van der Waals surface area contributed by atoms with E-state index in [4.69, 9.17) is 13.9 Å². The van der Waals surface area contributed by atoms with Crippen LogP contribution in [-0.2, 0) is 0 Å². The van der Waals surface area contributed by atoms with E-state index >= 15 is 0 Å². The quantitative estimate of drug-likeness (QED) is 0.390. The number of hydrogen-bond donors (Lipinski definition) is 0. The second-order valence-electron chi connectivity index (χ2n) is 5.90. The van der Waals surface area contributed by atoms with Crippen molar-refractivity contribution < 1.29 is 18.7 Å². The summed E-state index contributed by atoms with van der Waals surface area (Å²) in [6.07, 6.45) is 1.46. The molecule has 0 aliphatic carbocycles. The molecule has 0 amide bonds. The number of carbonyl (C=O) groups excluding carboxylic acids is 1. The van der Waals surface area contributed by atoms with Crippen LogP contribution in [0.3, 0.4) is 0 Å². The fourth-order valence-electron chi connectivity index (χ4n) is 2.80. The number of methoxy groups -OCH3 is 2. The average Bonchev–Trinajstić information content (AvgIpc) is 3.22. The summed E-state index contributed by atoms with van der Waals surface area (Å²) in [5, 5.41) is 8.43. The van der Waals surface area contributed by atoms with Crippen molar-refractivity contribution in [1.82, 2.24) is 15.0 Å². The number of hydrogen-bond acceptors (Lipinski definition) is 7. The summed E-state index contributed by atoms with van der Waals surface area (Å²) in [7, 11) is 3.05. The lowest BCUT2D eigenvalue weighted by Crippen LogP contribution is -2.15. The summed E-state index contributed by atoms with van der Waals surface area (Å²) in [6.45, 7) is 0. The third kappa shape index (κ3) is 3.01. The molecule has 4 rings (SSSR count). The largest absolute Gasteiger partial charge is 0.497 e. The van der Waals surface area contributed by atoms with E-state index in [1.54, 1.807) is 49.6 Å². The van der Waals surface area contributed by atoms with E-state index in [2.05, 4.69) is 10.3 Å². The number of ether oxygens (including phenoxy) is 2. The van der Waals surface area contributed by atoms with E-state index in [0.717, 1.165) is 0 Å². The van der Waals surface area contributed by atoms with Gasteiger partial charge < -0.3 is 13.9 Å². The number of nitrogens with zero attached hydrogens (tertiary/aromatic N) is 3. The Morgan fingerprint density at radius 1 is 1.07 bits per heavy atom. The van der Waals surface area contributed by atoms with E-state index in [-0.39, 0.29) is 16.8 Å². The molecule has 0 spiro atoms. The molecular weight excluding hydrogens is 362 g/mol. The van der Waals surface area contributed by atoms with Crippen LogP contribution < -0.4 is 15.1 Å². The van der Waals surface area contributed by atoms with E-state index in [0.29, 0.717) is 22.6 Å². The van der Waals surface area contributed by atoms with Crippen LogP contribution in [0.15, 0.2) is 63.9 Å². The molecule has 0 N–H and O–H groups in total. The molecule has 0 aliphatic heterocycles. The number of aromatic nitrogens is 3. The molecule has 0 aliphatic rings. The zero-order valence-electron chi connectivity index (χ0n) is 15.1. The second-order valence-corrected chi connectivity index (χ2v) is 5.90. The Kier molecular flexibility index (Phi) is 4.36. The van der Waals surface area contributed by atoms with Crippen LogP contribution in [0.5, 0.6) is 11.5 Å². The number of benzene rings is 2. The van der Waals surface area contributed by atoms with Gasteiger partial charge in [0.1, 0.15) is 11.3 Å². The van der Waals surface area contributed by atoms with Crippen LogP contribution in [-0.4, -0.2) is 35.0 Å². The van der Waals surface area contributed by atoms with E-state index < -0.39 is 11.4 Å². The zero-order valence-corrected chi connectivity index (χ0v) is 15.1. The highest BCUT2D eigenvalue weighted by molar-refractivity contribution is 6.08. The minimum Gasteiger partial charge on any atom is -0.497 e. The maximum atomic E-state index is 12.8. The van der Waals surface area contributed by atoms with Gasteiger partial charge in [0.2, 0.25) is 5.78 Å². The fourth-order valence-corrected chi connectivity index (χ4v) is 2.80. The molecule has 0 bridgehead atoms. The molecule has 0 unspecified atom stereocenters. The molecule has 0 fully saturated rings. The second kappa shape index (κ2) is 6.99. The number of carbonyl (C=O) groups is 1. The highest BCUT2D eigenvalue weighted by Gasteiger charge is 2.20. The van der Waals surface area contributed by atoms with Gasteiger partial charge in [-0.2, -0.15) is 0 Å². The van der Waals surface area contributed by atoms with Gasteiger partial charge >= 0.3 is 5.63 Å². The molecule has 0 atom stereocenters. The summed E-state index contributed by atoms with van der Waals surface area (Å²) in [4.78, 5) is 25.1. The SMILES string of the molecule is COc1ccc(-n2cc(C(=O)c3cc4cccc(OC)c4oc3=O)nn2)cc1. The van der Waals surface area contributed by atoms with Crippen LogP contribution in [0.4, 0.5) is 0 Å². The molecule has 28 heavy (non-hydrogen) atoms. The Morgan fingerprint density at radius 3 is 2.57 bits per heavy atom. The first-order valence-corrected chi connectivity index (χ1v) is 8.33. The van der Waals surface area contributed by atoms with E-state index in [1.807, 2.05) is 0 Å². The first-order chi connectivity index (χ1) is 13.6. The monoisotopic (exact) mass is 377 g/mol. The smallest absolute Gasteiger partial charge is 0.347 e. The summed E-state index contributed by atoms with van der Waals surface area (Å²) >= 11 is 0. The molecule has 2 aromatic heterocycles. The molecule has 8 heteroatoms. The lowest BCUT2D eigenvalue weighted by atomic mass is 10.1. The lowest BCUT2D eigenvalue weighted by Gasteiger charge is -2.04. The summed E-state index contributed by atoms with van der Waals surface area (Å²) in [6, 6.07) is 13.7. The Morgan fingerprint density at radius 2 is 1.86 bits per heavy atom. The van der Waals surface area contributed by atoms with Crippen molar-refractivity contribution in [2.24, 2.45) is 0 Å². The summed E-state index contributed by atoms with van der Waals surface area (Å²) in [5.74, 6) is 0.543. The normalized spacial score (nSPS) is 10.8. The molecule has 0 saturated carbocycles. The van der Waals surface area contributed by atoms with Crippen LogP contribution in [0.2, 0.25) is 0 Å². The van der Waals surface area contributed by atoms with Gasteiger partial charge in [-0.3, -0.25) is 4.79 Å². The number of fused-ring (bicyclic) bond motifs is 1. The van der Waals surface area contributed by atoms with Gasteiger partial charge in [-0.1, -0.05) is 17.3 Å². The van der Waals surface area contributed by atoms with Crippen LogP contribution in [0, 0.1) is 0 Å². The number of rotatable bonds is 5. The van der Waals surface area contributed by atoms with Gasteiger partial charge in [0, 0.05) is 5.39 Å². The number of ketones is 1. The Labute approximate surface area is 158 Å². The van der Waals surface area contributed by atoms with Gasteiger partial charge in [-0.15, -0.1) is 5.10 Å². The maximum Gasteiger partial charge on any atom is 0.347 e. The van der Waals surface area contributed by atoms with Crippen LogP contribution in [0.1, 0.15) is 16.1 Å². The molecular formula is C20H15N3O5. The highest BCUT2D eigenvalue weighted by Crippen LogP contribution is 2.25. The van der Waals surface area contributed by atoms with Crippen molar-refractivity contribution >= 4 is 16.8 Å².